The van der Waals surface area contributed by atoms with Crippen molar-refractivity contribution in [3.63, 3.8) is 0 Å². The van der Waals surface area contributed by atoms with Gasteiger partial charge in [0.05, 0.1) is 13.2 Å². The van der Waals surface area contributed by atoms with E-state index in [1.807, 2.05) is 28.8 Å². The number of nitrogens with zero attached hydrogens (tertiary/aromatic N) is 5. The summed E-state index contributed by atoms with van der Waals surface area (Å²) in [5, 5.41) is 11.9. The monoisotopic (exact) mass is 520 g/mol. The fourth-order valence-corrected chi connectivity index (χ4v) is 3.79. The third kappa shape index (κ3) is 4.92. The van der Waals surface area contributed by atoms with E-state index in [0.29, 0.717) is 13.2 Å². The topological polar surface area (TPSA) is 67.0 Å². The number of aryl methyl sites for hydroxylation is 2. The van der Waals surface area contributed by atoms with Crippen molar-refractivity contribution in [3.8, 4) is 0 Å². The highest BCUT2D eigenvalue weighted by Crippen LogP contribution is 2.26. The maximum absolute atomic E-state index is 6.10. The second-order valence-electron chi connectivity index (χ2n) is 7.38. The number of halogens is 1. The molecule has 3 heterocycles. The van der Waals surface area contributed by atoms with Gasteiger partial charge in [0.1, 0.15) is 12.6 Å². The molecule has 1 saturated heterocycles. The quantitative estimate of drug-likeness (QED) is 0.324. The van der Waals surface area contributed by atoms with Gasteiger partial charge in [-0.1, -0.05) is 29.8 Å². The fourth-order valence-electron chi connectivity index (χ4n) is 3.79. The third-order valence-electron chi connectivity index (χ3n) is 5.23. The van der Waals surface area contributed by atoms with Gasteiger partial charge in [-0.2, -0.15) is 0 Å². The molecule has 1 aliphatic heterocycles. The van der Waals surface area contributed by atoms with Crippen LogP contribution in [-0.4, -0.2) is 51.7 Å². The summed E-state index contributed by atoms with van der Waals surface area (Å²) < 4.78 is 8.08. The molecule has 0 saturated carbocycles. The Labute approximate surface area is 194 Å². The number of aliphatic imine (C=N–C) groups is 1. The molecular weight excluding hydrogens is 491 g/mol. The second-order valence-corrected chi connectivity index (χ2v) is 7.38. The van der Waals surface area contributed by atoms with E-state index in [4.69, 9.17) is 9.73 Å². The lowest BCUT2D eigenvalue weighted by Gasteiger charge is -2.35. The molecule has 3 aromatic rings. The molecule has 1 N–H and O–H groups in total. The largest absolute Gasteiger partial charge is 0.370 e. The maximum atomic E-state index is 6.10. The van der Waals surface area contributed by atoms with Crippen LogP contribution in [0.25, 0.3) is 5.65 Å². The molecule has 7 nitrogen and oxygen atoms in total. The zero-order valence-electron chi connectivity index (χ0n) is 17.7. The number of nitrogens with one attached hydrogen (secondary N) is 1. The Bertz CT molecular complexity index is 1020. The van der Waals surface area contributed by atoms with Crippen LogP contribution in [0.2, 0.25) is 0 Å². The molecule has 4 rings (SSSR count). The third-order valence-corrected chi connectivity index (χ3v) is 5.23. The number of ether oxygens (including phenoxy) is 1. The summed E-state index contributed by atoms with van der Waals surface area (Å²) in [4.78, 5) is 7.12. The molecule has 1 fully saturated rings. The van der Waals surface area contributed by atoms with E-state index in [-0.39, 0.29) is 30.1 Å². The van der Waals surface area contributed by atoms with E-state index in [9.17, 15) is 0 Å². The van der Waals surface area contributed by atoms with Crippen LogP contribution in [0.5, 0.6) is 0 Å². The second kappa shape index (κ2) is 10.2. The summed E-state index contributed by atoms with van der Waals surface area (Å²) >= 11 is 0. The SMILES string of the molecule is CCNC(=NCc1nnc2ccccn12)N1CCOC(c2ccc(C)cc2C)C1.I. The molecule has 1 aromatic carbocycles. The van der Waals surface area contributed by atoms with Gasteiger partial charge in [-0.05, 0) is 44.0 Å². The highest BCUT2D eigenvalue weighted by atomic mass is 127. The van der Waals surface area contributed by atoms with Crippen molar-refractivity contribution < 1.29 is 4.74 Å². The summed E-state index contributed by atoms with van der Waals surface area (Å²) in [6, 6.07) is 12.4. The zero-order valence-corrected chi connectivity index (χ0v) is 20.0. The highest BCUT2D eigenvalue weighted by molar-refractivity contribution is 14.0. The van der Waals surface area contributed by atoms with Crippen molar-refractivity contribution in [1.82, 2.24) is 24.8 Å². The predicted molar refractivity (Wildman–Crippen MR) is 129 cm³/mol. The van der Waals surface area contributed by atoms with Gasteiger partial charge in [-0.3, -0.25) is 4.40 Å². The lowest BCUT2D eigenvalue weighted by atomic mass is 10.00. The summed E-state index contributed by atoms with van der Waals surface area (Å²) in [5.41, 5.74) is 4.63. The molecule has 1 unspecified atom stereocenters. The predicted octanol–water partition coefficient (Wildman–Crippen LogP) is 3.50. The van der Waals surface area contributed by atoms with Crippen LogP contribution >= 0.6 is 24.0 Å². The minimum Gasteiger partial charge on any atom is -0.370 e. The molecule has 160 valence electrons. The summed E-state index contributed by atoms with van der Waals surface area (Å²) in [5.74, 6) is 1.72. The molecule has 0 aliphatic carbocycles. The minimum absolute atomic E-state index is 0. The molecule has 1 aliphatic rings. The number of benzene rings is 1. The molecule has 0 radical (unpaired) electrons. The van der Waals surface area contributed by atoms with Crippen LogP contribution in [0.3, 0.4) is 0 Å². The van der Waals surface area contributed by atoms with Crippen molar-refractivity contribution in [2.75, 3.05) is 26.2 Å². The van der Waals surface area contributed by atoms with Crippen LogP contribution in [0.4, 0.5) is 0 Å². The molecule has 0 bridgehead atoms. The zero-order chi connectivity index (χ0) is 20.2. The van der Waals surface area contributed by atoms with Gasteiger partial charge in [0.2, 0.25) is 0 Å². The molecule has 8 heteroatoms. The highest BCUT2D eigenvalue weighted by Gasteiger charge is 2.25. The molecule has 1 atom stereocenters. The van der Waals surface area contributed by atoms with Crippen LogP contribution in [-0.2, 0) is 11.3 Å². The van der Waals surface area contributed by atoms with E-state index in [1.165, 1.54) is 16.7 Å². The first kappa shape index (κ1) is 22.5. The minimum atomic E-state index is 0. The van der Waals surface area contributed by atoms with E-state index in [0.717, 1.165) is 37.1 Å². The standard InChI is InChI=1S/C22H28N6O.HI/c1-4-23-22(24-14-21-26-25-20-7-5-6-10-28(20)21)27-11-12-29-19(15-27)18-9-8-16(2)13-17(18)3;/h5-10,13,19H,4,11-12,14-15H2,1-3H3,(H,23,24);1H. The van der Waals surface area contributed by atoms with Gasteiger partial charge in [0.25, 0.3) is 0 Å². The van der Waals surface area contributed by atoms with Crippen molar-refractivity contribution in [2.45, 2.75) is 33.4 Å². The van der Waals surface area contributed by atoms with Gasteiger partial charge >= 0.3 is 0 Å². The Morgan fingerprint density at radius 2 is 2.10 bits per heavy atom. The molecule has 30 heavy (non-hydrogen) atoms. The van der Waals surface area contributed by atoms with Crippen molar-refractivity contribution in [1.29, 1.82) is 0 Å². The number of pyridine rings is 1. The Kier molecular flexibility index (Phi) is 7.65. The average Bonchev–Trinajstić information content (AvgIpc) is 3.14. The molecule has 0 spiro atoms. The van der Waals surface area contributed by atoms with Crippen LogP contribution in [0.15, 0.2) is 47.6 Å². The average molecular weight is 520 g/mol. The summed E-state index contributed by atoms with van der Waals surface area (Å²) in [6.45, 7) is 9.91. The first-order chi connectivity index (χ1) is 14.2. The fraction of sp³-hybridized carbons (Fsp3) is 0.409. The van der Waals surface area contributed by atoms with Gasteiger partial charge in [-0.25, -0.2) is 4.99 Å². The Morgan fingerprint density at radius 1 is 1.23 bits per heavy atom. The van der Waals surface area contributed by atoms with E-state index >= 15 is 0 Å². The van der Waals surface area contributed by atoms with Gasteiger partial charge in [0, 0.05) is 19.3 Å². The van der Waals surface area contributed by atoms with Gasteiger partial charge < -0.3 is 15.0 Å². The summed E-state index contributed by atoms with van der Waals surface area (Å²) in [6.07, 6.45) is 2.01. The molecule has 2 aromatic heterocycles. The lowest BCUT2D eigenvalue weighted by Crippen LogP contribution is -2.48. The van der Waals surface area contributed by atoms with E-state index in [2.05, 4.69) is 59.4 Å². The van der Waals surface area contributed by atoms with Crippen molar-refractivity contribution in [3.05, 3.63) is 65.1 Å². The number of morpholine rings is 1. The van der Waals surface area contributed by atoms with Crippen LogP contribution in [0.1, 0.15) is 35.5 Å². The number of fused-ring (bicyclic) bond motifs is 1. The Morgan fingerprint density at radius 3 is 2.90 bits per heavy atom. The molecule has 0 amide bonds. The van der Waals surface area contributed by atoms with Crippen LogP contribution in [0, 0.1) is 13.8 Å². The number of rotatable bonds is 4. The van der Waals surface area contributed by atoms with Crippen LogP contribution < -0.4 is 5.32 Å². The number of aromatic nitrogens is 3. The van der Waals surface area contributed by atoms with Crippen molar-refractivity contribution in [2.24, 2.45) is 4.99 Å². The lowest BCUT2D eigenvalue weighted by molar-refractivity contribution is -0.00835. The molecular formula is C22H29IN6O. The Hall–Kier alpha value is -2.20. The van der Waals surface area contributed by atoms with E-state index < -0.39 is 0 Å². The summed E-state index contributed by atoms with van der Waals surface area (Å²) in [7, 11) is 0. The first-order valence-corrected chi connectivity index (χ1v) is 10.2. The van der Waals surface area contributed by atoms with Gasteiger partial charge in [0.15, 0.2) is 17.4 Å². The maximum Gasteiger partial charge on any atom is 0.194 e. The number of hydrogen-bond acceptors (Lipinski definition) is 4. The van der Waals surface area contributed by atoms with Gasteiger partial charge in [-0.15, -0.1) is 34.2 Å². The van der Waals surface area contributed by atoms with Crippen molar-refractivity contribution >= 4 is 35.6 Å². The first-order valence-electron chi connectivity index (χ1n) is 10.2. The Balaban J connectivity index is 0.00000256. The normalized spacial score (nSPS) is 17.1. The number of hydrogen-bond donors (Lipinski definition) is 1. The number of guanidine groups is 1. The van der Waals surface area contributed by atoms with E-state index in [1.54, 1.807) is 0 Å². The smallest absolute Gasteiger partial charge is 0.194 e.